The average molecular weight is 476 g/mol. The molecule has 4 nitrogen and oxygen atoms in total. The van der Waals surface area contributed by atoms with Crippen LogP contribution in [0.3, 0.4) is 0 Å². The lowest BCUT2D eigenvalue weighted by Gasteiger charge is -2.33. The first kappa shape index (κ1) is 23.1. The highest BCUT2D eigenvalue weighted by Crippen LogP contribution is 2.22. The van der Waals surface area contributed by atoms with Gasteiger partial charge in [-0.3, -0.25) is 4.99 Å². The number of nitrogens with one attached hydrogen (secondary N) is 2. The zero-order valence-corrected chi connectivity index (χ0v) is 18.8. The van der Waals surface area contributed by atoms with Gasteiger partial charge < -0.3 is 15.5 Å². The minimum absolute atomic E-state index is 0. The van der Waals surface area contributed by atoms with E-state index in [9.17, 15) is 4.39 Å². The van der Waals surface area contributed by atoms with Crippen LogP contribution in [-0.2, 0) is 5.41 Å². The third-order valence-corrected chi connectivity index (χ3v) is 5.02. The Kier molecular flexibility index (Phi) is 9.85. The molecule has 1 heterocycles. The summed E-state index contributed by atoms with van der Waals surface area (Å²) in [7, 11) is 1.81. The molecule has 1 aromatic rings. The molecular weight excluding hydrogens is 442 g/mol. The highest BCUT2D eigenvalue weighted by Gasteiger charge is 2.23. The third kappa shape index (κ3) is 7.02. The van der Waals surface area contributed by atoms with Crippen molar-refractivity contribution in [3.05, 3.63) is 35.6 Å². The number of nitrogens with zero attached hydrogens (tertiary/aromatic N) is 2. The molecule has 0 bridgehead atoms. The van der Waals surface area contributed by atoms with Gasteiger partial charge in [0, 0.05) is 38.1 Å². The lowest BCUT2D eigenvalue weighted by Crippen LogP contribution is -2.50. The van der Waals surface area contributed by atoms with Crippen molar-refractivity contribution < 1.29 is 4.39 Å². The quantitative estimate of drug-likeness (QED) is 0.373. The molecule has 148 valence electrons. The first-order valence-corrected chi connectivity index (χ1v) is 9.40. The molecule has 0 spiro atoms. The summed E-state index contributed by atoms with van der Waals surface area (Å²) in [5, 5.41) is 6.99. The van der Waals surface area contributed by atoms with Crippen LogP contribution in [0.2, 0.25) is 0 Å². The third-order valence-electron chi connectivity index (χ3n) is 5.02. The van der Waals surface area contributed by atoms with Crippen molar-refractivity contribution in [3.63, 3.8) is 0 Å². The molecule has 0 atom stereocenters. The second-order valence-electron chi connectivity index (χ2n) is 7.58. The first-order valence-electron chi connectivity index (χ1n) is 9.40. The predicted molar refractivity (Wildman–Crippen MR) is 119 cm³/mol. The van der Waals surface area contributed by atoms with Crippen LogP contribution in [-0.4, -0.2) is 50.1 Å². The Balaban J connectivity index is 0.00000338. The van der Waals surface area contributed by atoms with E-state index in [1.54, 1.807) is 0 Å². The number of piperidine rings is 1. The van der Waals surface area contributed by atoms with Crippen molar-refractivity contribution in [1.82, 2.24) is 15.5 Å². The standard InChI is InChI=1S/C20H33FN4.HI/c1-5-12-25-13-10-18(11-14-25)24-19(22-4)23-15-20(2,3)16-6-8-17(21)9-7-16;/h6-9,18H,5,10-15H2,1-4H3,(H2,22,23,24);1H. The molecular formula is C20H34FIN4. The summed E-state index contributed by atoms with van der Waals surface area (Å²) in [6, 6.07) is 7.24. The van der Waals surface area contributed by atoms with Crippen molar-refractivity contribution in [2.45, 2.75) is 51.5 Å². The monoisotopic (exact) mass is 476 g/mol. The van der Waals surface area contributed by atoms with Crippen molar-refractivity contribution >= 4 is 29.9 Å². The van der Waals surface area contributed by atoms with Gasteiger partial charge in [-0.25, -0.2) is 4.39 Å². The smallest absolute Gasteiger partial charge is 0.191 e. The molecule has 2 rings (SSSR count). The predicted octanol–water partition coefficient (Wildman–Crippen LogP) is 3.76. The number of hydrogen-bond donors (Lipinski definition) is 2. The highest BCUT2D eigenvalue weighted by molar-refractivity contribution is 14.0. The number of hydrogen-bond acceptors (Lipinski definition) is 2. The Hall–Kier alpha value is -0.890. The summed E-state index contributed by atoms with van der Waals surface area (Å²) in [6.07, 6.45) is 3.53. The maximum absolute atomic E-state index is 13.1. The van der Waals surface area contributed by atoms with Crippen LogP contribution in [0.1, 0.15) is 45.6 Å². The van der Waals surface area contributed by atoms with Crippen molar-refractivity contribution in [3.8, 4) is 0 Å². The summed E-state index contributed by atoms with van der Waals surface area (Å²) in [6.45, 7) is 10.8. The van der Waals surface area contributed by atoms with Crippen molar-refractivity contribution in [2.75, 3.05) is 33.2 Å². The molecule has 1 aromatic carbocycles. The van der Waals surface area contributed by atoms with Gasteiger partial charge in [0.2, 0.25) is 0 Å². The van der Waals surface area contributed by atoms with E-state index in [0.29, 0.717) is 6.04 Å². The fourth-order valence-electron chi connectivity index (χ4n) is 3.31. The van der Waals surface area contributed by atoms with Gasteiger partial charge in [0.15, 0.2) is 5.96 Å². The van der Waals surface area contributed by atoms with Gasteiger partial charge in [0.1, 0.15) is 5.82 Å². The van der Waals surface area contributed by atoms with E-state index in [1.165, 1.54) is 25.1 Å². The highest BCUT2D eigenvalue weighted by atomic mass is 127. The van der Waals surface area contributed by atoms with Crippen molar-refractivity contribution in [2.24, 2.45) is 4.99 Å². The second kappa shape index (κ2) is 11.1. The maximum atomic E-state index is 13.1. The maximum Gasteiger partial charge on any atom is 0.191 e. The number of likely N-dealkylation sites (tertiary alicyclic amines) is 1. The summed E-state index contributed by atoms with van der Waals surface area (Å²) >= 11 is 0. The molecule has 1 aliphatic rings. The molecule has 1 fully saturated rings. The second-order valence-corrected chi connectivity index (χ2v) is 7.58. The van der Waals surface area contributed by atoms with Crippen LogP contribution in [0.4, 0.5) is 4.39 Å². The van der Waals surface area contributed by atoms with Gasteiger partial charge >= 0.3 is 0 Å². The summed E-state index contributed by atoms with van der Waals surface area (Å²) in [5.74, 6) is 0.656. The van der Waals surface area contributed by atoms with E-state index < -0.39 is 0 Å². The fraction of sp³-hybridized carbons (Fsp3) is 0.650. The summed E-state index contributed by atoms with van der Waals surface area (Å²) in [5.41, 5.74) is 1.01. The van der Waals surface area contributed by atoms with Crippen molar-refractivity contribution in [1.29, 1.82) is 0 Å². The minimum atomic E-state index is -0.195. The van der Waals surface area contributed by atoms with E-state index in [-0.39, 0.29) is 35.2 Å². The average Bonchev–Trinajstić information content (AvgIpc) is 2.60. The fourth-order valence-corrected chi connectivity index (χ4v) is 3.31. The van der Waals surface area contributed by atoms with Crippen LogP contribution < -0.4 is 10.6 Å². The Bertz CT molecular complexity index is 551. The van der Waals surface area contributed by atoms with E-state index in [0.717, 1.165) is 44.0 Å². The molecule has 0 saturated carbocycles. The SMILES string of the molecule is CCCN1CCC(NC(=NC)NCC(C)(C)c2ccc(F)cc2)CC1.I. The summed E-state index contributed by atoms with van der Waals surface area (Å²) < 4.78 is 13.1. The van der Waals surface area contributed by atoms with Gasteiger partial charge in [-0.2, -0.15) is 0 Å². The molecule has 26 heavy (non-hydrogen) atoms. The first-order chi connectivity index (χ1) is 11.9. The normalized spacial score (nSPS) is 16.9. The molecule has 0 unspecified atom stereocenters. The Morgan fingerprint density at radius 2 is 1.85 bits per heavy atom. The van der Waals surface area contributed by atoms with Crippen LogP contribution >= 0.6 is 24.0 Å². The lowest BCUT2D eigenvalue weighted by atomic mass is 9.84. The Labute approximate surface area is 175 Å². The molecule has 2 N–H and O–H groups in total. The van der Waals surface area contributed by atoms with Gasteiger partial charge in [-0.1, -0.05) is 32.9 Å². The van der Waals surface area contributed by atoms with E-state index in [2.05, 4.69) is 41.3 Å². The van der Waals surface area contributed by atoms with Gasteiger partial charge in [0.05, 0.1) is 0 Å². The molecule has 0 radical (unpaired) electrons. The minimum Gasteiger partial charge on any atom is -0.356 e. The Morgan fingerprint density at radius 3 is 2.38 bits per heavy atom. The molecule has 0 aromatic heterocycles. The van der Waals surface area contributed by atoms with E-state index >= 15 is 0 Å². The number of rotatable bonds is 6. The Morgan fingerprint density at radius 1 is 1.23 bits per heavy atom. The zero-order valence-electron chi connectivity index (χ0n) is 16.5. The largest absolute Gasteiger partial charge is 0.356 e. The number of aliphatic imine (C=N–C) groups is 1. The molecule has 1 aliphatic heterocycles. The van der Waals surface area contributed by atoms with Crippen LogP contribution in [0, 0.1) is 5.82 Å². The number of benzene rings is 1. The van der Waals surface area contributed by atoms with Gasteiger partial charge in [0.25, 0.3) is 0 Å². The molecule has 6 heteroatoms. The zero-order chi connectivity index (χ0) is 18.3. The van der Waals surface area contributed by atoms with E-state index in [4.69, 9.17) is 0 Å². The molecule has 0 aliphatic carbocycles. The van der Waals surface area contributed by atoms with E-state index in [1.807, 2.05) is 19.2 Å². The van der Waals surface area contributed by atoms with Crippen LogP contribution in [0.5, 0.6) is 0 Å². The topological polar surface area (TPSA) is 39.7 Å². The van der Waals surface area contributed by atoms with Gasteiger partial charge in [-0.15, -0.1) is 24.0 Å². The number of guanidine groups is 1. The summed E-state index contributed by atoms with van der Waals surface area (Å²) in [4.78, 5) is 6.90. The molecule has 0 amide bonds. The van der Waals surface area contributed by atoms with Crippen LogP contribution in [0.15, 0.2) is 29.3 Å². The number of halogens is 2. The van der Waals surface area contributed by atoms with Gasteiger partial charge in [-0.05, 0) is 43.5 Å². The lowest BCUT2D eigenvalue weighted by molar-refractivity contribution is 0.206. The van der Waals surface area contributed by atoms with Crippen LogP contribution in [0.25, 0.3) is 0 Å². The molecule has 1 saturated heterocycles.